The van der Waals surface area contributed by atoms with Crippen molar-refractivity contribution in [3.8, 4) is 0 Å². The number of rotatable bonds is 8. The van der Waals surface area contributed by atoms with E-state index in [0.717, 1.165) is 48.6 Å². The first-order valence-electron chi connectivity index (χ1n) is 13.7. The molecule has 8 atom stereocenters. The first kappa shape index (κ1) is 23.6. The minimum absolute atomic E-state index is 0.113. The van der Waals surface area contributed by atoms with Crippen LogP contribution in [0.3, 0.4) is 0 Å². The molecule has 4 aliphatic carbocycles. The van der Waals surface area contributed by atoms with Crippen molar-refractivity contribution in [1.29, 1.82) is 0 Å². The molecule has 1 N–H and O–H groups in total. The van der Waals surface area contributed by atoms with E-state index in [9.17, 15) is 4.79 Å². The molecule has 3 heteroatoms. The van der Waals surface area contributed by atoms with E-state index in [-0.39, 0.29) is 5.97 Å². The Bertz CT molecular complexity index is 620. The number of esters is 1. The highest BCUT2D eigenvalue weighted by atomic mass is 16.5. The van der Waals surface area contributed by atoms with Crippen molar-refractivity contribution in [2.75, 3.05) is 20.2 Å². The van der Waals surface area contributed by atoms with Gasteiger partial charge in [-0.1, -0.05) is 33.6 Å². The molecule has 0 amide bonds. The molecule has 178 valence electrons. The fourth-order valence-corrected chi connectivity index (χ4v) is 9.44. The molecule has 0 aromatic heterocycles. The maximum Gasteiger partial charge on any atom is 0.306 e. The second kappa shape index (κ2) is 9.74. The first-order chi connectivity index (χ1) is 14.9. The van der Waals surface area contributed by atoms with Crippen LogP contribution in [-0.2, 0) is 9.53 Å². The molecule has 4 aliphatic rings. The highest BCUT2D eigenvalue weighted by molar-refractivity contribution is 5.69. The second-order valence-corrected chi connectivity index (χ2v) is 12.3. The standard InChI is InChI=1S/C28H49NO2/c1-20(8-7-18-29-19-15-26(30)31-4)23-12-13-24-22-11-10-21-9-5-6-16-27(21,2)25(22)14-17-28(23,24)3/h20-25,29H,5-19H2,1-4H3/t20-,21?,22?,23?,24?,25?,27?,28?/m1/s1. The fraction of sp³-hybridized carbons (Fsp3) is 0.964. The van der Waals surface area contributed by atoms with E-state index in [0.29, 0.717) is 17.3 Å². The van der Waals surface area contributed by atoms with E-state index in [1.54, 1.807) is 0 Å². The molecule has 0 saturated heterocycles. The highest BCUT2D eigenvalue weighted by Gasteiger charge is 2.59. The van der Waals surface area contributed by atoms with Crippen LogP contribution in [0.4, 0.5) is 0 Å². The number of hydrogen-bond donors (Lipinski definition) is 1. The normalized spacial score (nSPS) is 42.9. The number of carbonyl (C=O) groups excluding carboxylic acids is 1. The summed E-state index contributed by atoms with van der Waals surface area (Å²) in [7, 11) is 1.47. The summed E-state index contributed by atoms with van der Waals surface area (Å²) in [6.07, 6.45) is 18.1. The van der Waals surface area contributed by atoms with E-state index in [2.05, 4.69) is 26.1 Å². The predicted octanol–water partition coefficient (Wildman–Crippen LogP) is 6.60. The lowest BCUT2D eigenvalue weighted by Gasteiger charge is -2.61. The smallest absolute Gasteiger partial charge is 0.306 e. The van der Waals surface area contributed by atoms with Crippen molar-refractivity contribution in [3.63, 3.8) is 0 Å². The van der Waals surface area contributed by atoms with Gasteiger partial charge in [0.25, 0.3) is 0 Å². The number of methoxy groups -OCH3 is 1. The maximum absolute atomic E-state index is 11.2. The molecule has 4 rings (SSSR count). The topological polar surface area (TPSA) is 38.3 Å². The molecule has 0 spiro atoms. The second-order valence-electron chi connectivity index (χ2n) is 12.3. The molecule has 4 fully saturated rings. The zero-order valence-electron chi connectivity index (χ0n) is 20.9. The van der Waals surface area contributed by atoms with Gasteiger partial charge in [0.15, 0.2) is 0 Å². The van der Waals surface area contributed by atoms with Crippen molar-refractivity contribution in [1.82, 2.24) is 5.32 Å². The average molecular weight is 432 g/mol. The van der Waals surface area contributed by atoms with Crippen molar-refractivity contribution in [3.05, 3.63) is 0 Å². The van der Waals surface area contributed by atoms with Crippen LogP contribution in [0.1, 0.15) is 104 Å². The Hall–Kier alpha value is -0.570. The highest BCUT2D eigenvalue weighted by Crippen LogP contribution is 2.68. The molecular weight excluding hydrogens is 382 g/mol. The molecule has 7 unspecified atom stereocenters. The summed E-state index contributed by atoms with van der Waals surface area (Å²) >= 11 is 0. The molecular formula is C28H49NO2. The Kier molecular flexibility index (Phi) is 7.41. The van der Waals surface area contributed by atoms with Crippen molar-refractivity contribution >= 4 is 5.97 Å². The zero-order chi connectivity index (χ0) is 22.1. The van der Waals surface area contributed by atoms with Crippen molar-refractivity contribution in [2.24, 2.45) is 46.3 Å². The fourth-order valence-electron chi connectivity index (χ4n) is 9.44. The minimum Gasteiger partial charge on any atom is -0.469 e. The summed E-state index contributed by atoms with van der Waals surface area (Å²) in [6, 6.07) is 0. The number of nitrogens with one attached hydrogen (secondary N) is 1. The minimum atomic E-state index is -0.113. The van der Waals surface area contributed by atoms with Crippen molar-refractivity contribution < 1.29 is 9.53 Å². The van der Waals surface area contributed by atoms with E-state index in [4.69, 9.17) is 4.74 Å². The van der Waals surface area contributed by atoms with Crippen LogP contribution in [-0.4, -0.2) is 26.2 Å². The Balaban J connectivity index is 1.31. The summed E-state index contributed by atoms with van der Waals surface area (Å²) in [5.74, 6) is 5.72. The van der Waals surface area contributed by atoms with Gasteiger partial charge in [0.05, 0.1) is 13.5 Å². The van der Waals surface area contributed by atoms with Crippen LogP contribution in [0.2, 0.25) is 0 Å². The number of fused-ring (bicyclic) bond motifs is 5. The van der Waals surface area contributed by atoms with E-state index in [1.807, 2.05) is 0 Å². The van der Waals surface area contributed by atoms with Crippen LogP contribution in [0.5, 0.6) is 0 Å². The predicted molar refractivity (Wildman–Crippen MR) is 128 cm³/mol. The molecule has 0 bridgehead atoms. The Morgan fingerprint density at radius 2 is 1.77 bits per heavy atom. The number of carbonyl (C=O) groups is 1. The first-order valence-corrected chi connectivity index (χ1v) is 13.7. The van der Waals surface area contributed by atoms with E-state index < -0.39 is 0 Å². The molecule has 0 radical (unpaired) electrons. The van der Waals surface area contributed by atoms with Crippen molar-refractivity contribution in [2.45, 2.75) is 104 Å². The third-order valence-corrected chi connectivity index (χ3v) is 11.1. The Morgan fingerprint density at radius 1 is 0.968 bits per heavy atom. The third-order valence-electron chi connectivity index (χ3n) is 11.1. The largest absolute Gasteiger partial charge is 0.469 e. The summed E-state index contributed by atoms with van der Waals surface area (Å²) in [6.45, 7) is 9.72. The van der Waals surface area contributed by atoms with Gasteiger partial charge in [-0.3, -0.25) is 4.79 Å². The lowest BCUT2D eigenvalue weighted by Crippen LogP contribution is -2.53. The van der Waals surface area contributed by atoms with Gasteiger partial charge in [0.2, 0.25) is 0 Å². The molecule has 0 heterocycles. The Labute approximate surface area is 191 Å². The van der Waals surface area contributed by atoms with Gasteiger partial charge in [-0.05, 0) is 117 Å². The van der Waals surface area contributed by atoms with Crippen LogP contribution >= 0.6 is 0 Å². The van der Waals surface area contributed by atoms with Crippen LogP contribution < -0.4 is 5.32 Å². The molecule has 0 aromatic rings. The summed E-state index contributed by atoms with van der Waals surface area (Å²) in [4.78, 5) is 11.2. The van der Waals surface area contributed by atoms with E-state index >= 15 is 0 Å². The van der Waals surface area contributed by atoms with Gasteiger partial charge in [0.1, 0.15) is 0 Å². The molecule has 3 nitrogen and oxygen atoms in total. The third kappa shape index (κ3) is 4.46. The average Bonchev–Trinajstić information content (AvgIpc) is 3.12. The van der Waals surface area contributed by atoms with Gasteiger partial charge >= 0.3 is 5.97 Å². The molecule has 31 heavy (non-hydrogen) atoms. The van der Waals surface area contributed by atoms with Gasteiger partial charge in [-0.25, -0.2) is 0 Å². The maximum atomic E-state index is 11.2. The SMILES string of the molecule is COC(=O)CCNCCC[C@@H](C)C1CCC2C3CCC4CCCCC4(C)C3CCC21C. The monoisotopic (exact) mass is 431 g/mol. The molecule has 4 saturated carbocycles. The number of hydrogen-bond acceptors (Lipinski definition) is 3. The molecule has 0 aliphatic heterocycles. The summed E-state index contributed by atoms with van der Waals surface area (Å²) in [5.41, 5.74) is 1.26. The van der Waals surface area contributed by atoms with Gasteiger partial charge in [-0.15, -0.1) is 0 Å². The quantitative estimate of drug-likeness (QED) is 0.347. The molecule has 0 aromatic carbocycles. The van der Waals surface area contributed by atoms with Gasteiger partial charge < -0.3 is 10.1 Å². The number of ether oxygens (including phenoxy) is 1. The lowest BCUT2D eigenvalue weighted by atomic mass is 9.44. The van der Waals surface area contributed by atoms with E-state index in [1.165, 1.54) is 84.2 Å². The summed E-state index contributed by atoms with van der Waals surface area (Å²) < 4.78 is 4.72. The lowest BCUT2D eigenvalue weighted by molar-refractivity contribution is -0.140. The summed E-state index contributed by atoms with van der Waals surface area (Å²) in [5, 5.41) is 3.43. The zero-order valence-corrected chi connectivity index (χ0v) is 20.9. The van der Waals surface area contributed by atoms with Gasteiger partial charge in [-0.2, -0.15) is 0 Å². The van der Waals surface area contributed by atoms with Crippen LogP contribution in [0, 0.1) is 46.3 Å². The van der Waals surface area contributed by atoms with Crippen LogP contribution in [0.25, 0.3) is 0 Å². The Morgan fingerprint density at radius 3 is 2.58 bits per heavy atom. The van der Waals surface area contributed by atoms with Crippen LogP contribution in [0.15, 0.2) is 0 Å². The van der Waals surface area contributed by atoms with Gasteiger partial charge in [0, 0.05) is 6.54 Å².